The third kappa shape index (κ3) is 4.23. The molecule has 1 aromatic heterocycles. The molecule has 8 aromatic rings. The first kappa shape index (κ1) is 26.2. The Balaban J connectivity index is 1.44. The molecule has 0 spiro atoms. The summed E-state index contributed by atoms with van der Waals surface area (Å²) in [6.07, 6.45) is 0. The molecule has 0 aliphatic heterocycles. The van der Waals surface area contributed by atoms with Crippen molar-refractivity contribution in [2.24, 2.45) is 0 Å². The third-order valence-corrected chi connectivity index (χ3v) is 13.7. The fourth-order valence-corrected chi connectivity index (χ4v) is 11.7. The van der Waals surface area contributed by atoms with Gasteiger partial charge in [-0.2, -0.15) is 0 Å². The quantitative estimate of drug-likeness (QED) is 0.140. The zero-order valence-electron chi connectivity index (χ0n) is 24.3. The fraction of sp³-hybridized carbons (Fsp3) is 0. The lowest BCUT2D eigenvalue weighted by Crippen LogP contribution is -2.74. The van der Waals surface area contributed by atoms with Gasteiger partial charge in [0, 0.05) is 16.5 Å². The molecule has 0 amide bonds. The van der Waals surface area contributed by atoms with Gasteiger partial charge < -0.3 is 4.57 Å². The van der Waals surface area contributed by atoms with Gasteiger partial charge in [-0.25, -0.2) is 0 Å². The molecule has 8 rings (SSSR count). The van der Waals surface area contributed by atoms with E-state index < -0.39 is 8.07 Å². The molecule has 7 aromatic carbocycles. The van der Waals surface area contributed by atoms with Crippen LogP contribution in [0, 0.1) is 0 Å². The maximum atomic E-state index is 2.49. The summed E-state index contributed by atoms with van der Waals surface area (Å²) in [5.74, 6) is 0. The average Bonchev–Trinajstić information content (AvgIpc) is 3.44. The standard InChI is InChI=1S/C42H31NSi/c1-5-15-32(16-6-1)33-25-27-37(28-26-33)44(35-19-9-3-10-20-35,36-21-11-4-12-22-36)38-29-30-42-40(31-38)39-23-13-14-24-41(39)43(42)34-17-7-2-8-18-34/h1-31H. The van der Waals surface area contributed by atoms with E-state index in [0.29, 0.717) is 0 Å². The maximum Gasteiger partial charge on any atom is 0.179 e. The summed E-state index contributed by atoms with van der Waals surface area (Å²) in [5, 5.41) is 8.07. The number of benzene rings is 7. The molecule has 0 bridgehead atoms. The van der Waals surface area contributed by atoms with Crippen molar-refractivity contribution < 1.29 is 0 Å². The van der Waals surface area contributed by atoms with E-state index in [-0.39, 0.29) is 0 Å². The van der Waals surface area contributed by atoms with Crippen LogP contribution in [0.4, 0.5) is 0 Å². The molecule has 0 atom stereocenters. The number of nitrogens with zero attached hydrogens (tertiary/aromatic N) is 1. The first-order valence-electron chi connectivity index (χ1n) is 15.2. The topological polar surface area (TPSA) is 4.93 Å². The van der Waals surface area contributed by atoms with Crippen LogP contribution in [0.3, 0.4) is 0 Å². The molecule has 44 heavy (non-hydrogen) atoms. The van der Waals surface area contributed by atoms with Crippen LogP contribution in [0.15, 0.2) is 188 Å². The minimum atomic E-state index is -2.71. The van der Waals surface area contributed by atoms with Crippen LogP contribution in [0.25, 0.3) is 38.6 Å². The zero-order valence-corrected chi connectivity index (χ0v) is 25.3. The summed E-state index contributed by atoms with van der Waals surface area (Å²) in [6.45, 7) is 0. The van der Waals surface area contributed by atoms with Crippen LogP contribution in [0.1, 0.15) is 0 Å². The van der Waals surface area contributed by atoms with Gasteiger partial charge in [0.2, 0.25) is 0 Å². The molecule has 0 N–H and O–H groups in total. The van der Waals surface area contributed by atoms with Gasteiger partial charge in [-0.15, -0.1) is 0 Å². The first-order chi connectivity index (χ1) is 21.8. The summed E-state index contributed by atoms with van der Waals surface area (Å²) in [7, 11) is -2.71. The van der Waals surface area contributed by atoms with Gasteiger partial charge in [-0.3, -0.25) is 0 Å². The van der Waals surface area contributed by atoms with Crippen molar-refractivity contribution in [3.63, 3.8) is 0 Å². The van der Waals surface area contributed by atoms with Crippen molar-refractivity contribution in [1.82, 2.24) is 4.57 Å². The minimum Gasteiger partial charge on any atom is -0.309 e. The van der Waals surface area contributed by atoms with E-state index >= 15 is 0 Å². The van der Waals surface area contributed by atoms with Crippen molar-refractivity contribution in [3.8, 4) is 16.8 Å². The van der Waals surface area contributed by atoms with Crippen molar-refractivity contribution in [2.45, 2.75) is 0 Å². The number of aromatic nitrogens is 1. The van der Waals surface area contributed by atoms with Gasteiger partial charge in [-0.1, -0.05) is 164 Å². The van der Waals surface area contributed by atoms with Gasteiger partial charge in [0.15, 0.2) is 8.07 Å². The van der Waals surface area contributed by atoms with Gasteiger partial charge in [0.1, 0.15) is 0 Å². The molecule has 0 saturated heterocycles. The van der Waals surface area contributed by atoms with E-state index in [2.05, 4.69) is 193 Å². The Hall–Kier alpha value is -5.44. The van der Waals surface area contributed by atoms with E-state index in [1.165, 1.54) is 59.4 Å². The highest BCUT2D eigenvalue weighted by molar-refractivity contribution is 7.20. The lowest BCUT2D eigenvalue weighted by Gasteiger charge is -2.34. The Labute approximate surface area is 259 Å². The van der Waals surface area contributed by atoms with E-state index in [4.69, 9.17) is 0 Å². The molecule has 1 nitrogen and oxygen atoms in total. The van der Waals surface area contributed by atoms with Crippen LogP contribution < -0.4 is 20.7 Å². The number of hydrogen-bond acceptors (Lipinski definition) is 0. The Bertz CT molecular complexity index is 2150. The molecule has 208 valence electrons. The Kier molecular flexibility index (Phi) is 6.55. The predicted octanol–water partition coefficient (Wildman–Crippen LogP) is 7.83. The number of hydrogen-bond donors (Lipinski definition) is 0. The van der Waals surface area contributed by atoms with Crippen LogP contribution in [0.2, 0.25) is 0 Å². The minimum absolute atomic E-state index is 1.18. The SMILES string of the molecule is c1ccc(-c2ccc([Si](c3ccccc3)(c3ccccc3)c3ccc4c(c3)c3ccccc3n4-c3ccccc3)cc2)cc1. The number of para-hydroxylation sites is 2. The second kappa shape index (κ2) is 11.0. The molecular formula is C42H31NSi. The number of fused-ring (bicyclic) bond motifs is 3. The monoisotopic (exact) mass is 577 g/mol. The molecule has 2 heteroatoms. The Morgan fingerprint density at radius 3 is 1.41 bits per heavy atom. The van der Waals surface area contributed by atoms with Crippen LogP contribution in [0.5, 0.6) is 0 Å². The van der Waals surface area contributed by atoms with E-state index in [1.54, 1.807) is 0 Å². The summed E-state index contributed by atoms with van der Waals surface area (Å²) in [6, 6.07) is 69.2. The third-order valence-electron chi connectivity index (χ3n) is 8.96. The van der Waals surface area contributed by atoms with E-state index in [9.17, 15) is 0 Å². The molecule has 0 fully saturated rings. The second-order valence-electron chi connectivity index (χ2n) is 11.3. The highest BCUT2D eigenvalue weighted by Crippen LogP contribution is 2.32. The van der Waals surface area contributed by atoms with Gasteiger partial charge >= 0.3 is 0 Å². The highest BCUT2D eigenvalue weighted by Gasteiger charge is 2.41. The van der Waals surface area contributed by atoms with Gasteiger partial charge in [0.25, 0.3) is 0 Å². The summed E-state index contributed by atoms with van der Waals surface area (Å²) in [5.41, 5.74) is 6.10. The highest BCUT2D eigenvalue weighted by atomic mass is 28.3. The van der Waals surface area contributed by atoms with Crippen molar-refractivity contribution in [2.75, 3.05) is 0 Å². The molecule has 0 saturated carbocycles. The van der Waals surface area contributed by atoms with Crippen LogP contribution in [-0.4, -0.2) is 12.6 Å². The van der Waals surface area contributed by atoms with Gasteiger partial charge in [-0.05, 0) is 56.1 Å². The van der Waals surface area contributed by atoms with Crippen molar-refractivity contribution in [1.29, 1.82) is 0 Å². The molecular weight excluding hydrogens is 547 g/mol. The predicted molar refractivity (Wildman–Crippen MR) is 190 cm³/mol. The van der Waals surface area contributed by atoms with Crippen molar-refractivity contribution in [3.05, 3.63) is 188 Å². The van der Waals surface area contributed by atoms with E-state index in [0.717, 1.165) is 0 Å². The Morgan fingerprint density at radius 2 is 0.773 bits per heavy atom. The lowest BCUT2D eigenvalue weighted by molar-refractivity contribution is 1.18. The molecule has 0 radical (unpaired) electrons. The summed E-state index contributed by atoms with van der Waals surface area (Å²) < 4.78 is 2.40. The fourth-order valence-electron chi connectivity index (χ4n) is 6.98. The maximum absolute atomic E-state index is 2.71. The number of rotatable bonds is 6. The molecule has 0 aliphatic carbocycles. The Morgan fingerprint density at radius 1 is 0.318 bits per heavy atom. The van der Waals surface area contributed by atoms with Gasteiger partial charge in [0.05, 0.1) is 11.0 Å². The smallest absolute Gasteiger partial charge is 0.179 e. The van der Waals surface area contributed by atoms with Crippen LogP contribution >= 0.6 is 0 Å². The lowest BCUT2D eigenvalue weighted by atomic mass is 10.1. The molecule has 0 unspecified atom stereocenters. The second-order valence-corrected chi connectivity index (χ2v) is 15.2. The van der Waals surface area contributed by atoms with E-state index in [1.807, 2.05) is 0 Å². The first-order valence-corrected chi connectivity index (χ1v) is 17.2. The zero-order chi connectivity index (χ0) is 29.3. The van der Waals surface area contributed by atoms with Crippen molar-refractivity contribution >= 4 is 50.6 Å². The normalized spacial score (nSPS) is 11.6. The summed E-state index contributed by atoms with van der Waals surface area (Å²) >= 11 is 0. The average molecular weight is 578 g/mol. The molecule has 0 aliphatic rings. The van der Waals surface area contributed by atoms with Crippen LogP contribution in [-0.2, 0) is 0 Å². The summed E-state index contributed by atoms with van der Waals surface area (Å²) in [4.78, 5) is 0. The molecule has 1 heterocycles. The largest absolute Gasteiger partial charge is 0.309 e.